The number of ketones is 1. The first-order chi connectivity index (χ1) is 17.8. The van der Waals surface area contributed by atoms with Gasteiger partial charge in [0, 0.05) is 42.8 Å². The Labute approximate surface area is 218 Å². The molecule has 0 radical (unpaired) electrons. The summed E-state index contributed by atoms with van der Waals surface area (Å²) in [6.45, 7) is 2.89. The van der Waals surface area contributed by atoms with Crippen molar-refractivity contribution in [3.8, 4) is 5.75 Å². The predicted octanol–water partition coefficient (Wildman–Crippen LogP) is 2.23. The van der Waals surface area contributed by atoms with Crippen molar-refractivity contribution in [1.29, 1.82) is 0 Å². The van der Waals surface area contributed by atoms with Crippen LogP contribution in [0.4, 0.5) is 0 Å². The number of Topliss-reactive ketones (excluding diaryl/α,β-unsaturated/α-hetero) is 1. The zero-order chi connectivity index (χ0) is 26.8. The summed E-state index contributed by atoms with van der Waals surface area (Å²) in [4.78, 5) is 66.4. The van der Waals surface area contributed by atoms with Crippen molar-refractivity contribution in [3.63, 3.8) is 0 Å². The average molecular weight is 531 g/mol. The average Bonchev–Trinajstić information content (AvgIpc) is 3.41. The number of likely N-dealkylation sites (tertiary alicyclic amines) is 1. The van der Waals surface area contributed by atoms with Gasteiger partial charge in [0.1, 0.15) is 17.9 Å². The summed E-state index contributed by atoms with van der Waals surface area (Å²) in [5.74, 6) is -1.33. The van der Waals surface area contributed by atoms with E-state index in [4.69, 9.17) is 4.74 Å². The number of piperidine rings is 1. The highest BCUT2D eigenvalue weighted by Gasteiger charge is 2.26. The van der Waals surface area contributed by atoms with E-state index in [2.05, 4.69) is 20.6 Å². The van der Waals surface area contributed by atoms with Gasteiger partial charge >= 0.3 is 5.97 Å². The van der Waals surface area contributed by atoms with Crippen LogP contribution in [-0.4, -0.2) is 66.2 Å². The molecule has 1 aliphatic heterocycles. The summed E-state index contributed by atoms with van der Waals surface area (Å²) in [5.41, 5.74) is 5.11. The van der Waals surface area contributed by atoms with E-state index in [-0.39, 0.29) is 42.8 Å². The fourth-order valence-electron chi connectivity index (χ4n) is 3.83. The smallest absolute Gasteiger partial charge is 0.315 e. The maximum atomic E-state index is 12.6. The third-order valence-corrected chi connectivity index (χ3v) is 6.86. The Morgan fingerprint density at radius 3 is 2.41 bits per heavy atom. The molecule has 11 nitrogen and oxygen atoms in total. The second kappa shape index (κ2) is 13.5. The number of hydrogen-bond acceptors (Lipinski definition) is 9. The second-order valence-corrected chi connectivity index (χ2v) is 9.25. The Kier molecular flexibility index (Phi) is 10.1. The Hall–Kier alpha value is -3.80. The van der Waals surface area contributed by atoms with Gasteiger partial charge in [0.15, 0.2) is 5.78 Å². The zero-order valence-electron chi connectivity index (χ0n) is 20.8. The largest absolute Gasteiger partial charge is 0.497 e. The van der Waals surface area contributed by atoms with Crippen molar-refractivity contribution in [1.82, 2.24) is 20.7 Å². The predicted molar refractivity (Wildman–Crippen MR) is 134 cm³/mol. The van der Waals surface area contributed by atoms with Crippen molar-refractivity contribution in [2.24, 2.45) is 0 Å². The van der Waals surface area contributed by atoms with E-state index in [9.17, 15) is 24.0 Å². The number of thiazole rings is 1. The van der Waals surface area contributed by atoms with E-state index >= 15 is 0 Å². The van der Waals surface area contributed by atoms with Crippen molar-refractivity contribution in [3.05, 3.63) is 45.9 Å². The number of benzene rings is 1. The van der Waals surface area contributed by atoms with Crippen LogP contribution >= 0.6 is 11.3 Å². The molecule has 0 spiro atoms. The number of carbonyl (C=O) groups is 5. The number of nitrogens with zero attached hydrogens (tertiary/aromatic N) is 2. The lowest BCUT2D eigenvalue weighted by Crippen LogP contribution is -2.42. The molecule has 0 bridgehead atoms. The number of carbonyl (C=O) groups excluding carboxylic acids is 5. The quantitative estimate of drug-likeness (QED) is 0.206. The fourth-order valence-corrected chi connectivity index (χ4v) is 4.80. The van der Waals surface area contributed by atoms with Gasteiger partial charge in [0.25, 0.3) is 5.91 Å². The van der Waals surface area contributed by atoms with Crippen molar-refractivity contribution < 1.29 is 33.4 Å². The minimum absolute atomic E-state index is 0.0573. The van der Waals surface area contributed by atoms with Crippen LogP contribution in [0.5, 0.6) is 5.75 Å². The Morgan fingerprint density at radius 1 is 1.05 bits per heavy atom. The third kappa shape index (κ3) is 8.10. The lowest BCUT2D eigenvalue weighted by molar-refractivity contribution is -0.146. The van der Waals surface area contributed by atoms with Gasteiger partial charge in [-0.3, -0.25) is 34.8 Å². The molecule has 1 saturated heterocycles. The van der Waals surface area contributed by atoms with Crippen LogP contribution in [-0.2, 0) is 19.1 Å². The van der Waals surface area contributed by atoms with Gasteiger partial charge in [-0.05, 0) is 44.0 Å². The normalized spacial score (nSPS) is 13.5. The number of amides is 3. The third-order valence-electron chi connectivity index (χ3n) is 5.86. The molecule has 37 heavy (non-hydrogen) atoms. The molecule has 1 aliphatic rings. The van der Waals surface area contributed by atoms with Crippen molar-refractivity contribution >= 4 is 40.8 Å². The first kappa shape index (κ1) is 27.8. The van der Waals surface area contributed by atoms with Crippen molar-refractivity contribution in [2.75, 3.05) is 26.8 Å². The standard InChI is InChI=1S/C25H30N4O7S/c1-3-36-23(33)14-21(31)27-28-24(34)19-15-37-25(26-19)17-10-12-29(13-11-17)22(32)9-8-20(30)16-4-6-18(35-2)7-5-16/h4-7,15,17H,3,8-14H2,1-2H3,(H,27,31)(H,28,34). The van der Waals surface area contributed by atoms with Crippen LogP contribution in [0.3, 0.4) is 0 Å². The van der Waals surface area contributed by atoms with Crippen LogP contribution in [0.1, 0.15) is 70.8 Å². The summed E-state index contributed by atoms with van der Waals surface area (Å²) < 4.78 is 9.77. The SMILES string of the molecule is CCOC(=O)CC(=O)NNC(=O)c1csc(C2CCN(C(=O)CCC(=O)c3ccc(OC)cc3)CC2)n1. The van der Waals surface area contributed by atoms with Gasteiger partial charge in [0.2, 0.25) is 11.8 Å². The molecule has 2 N–H and O–H groups in total. The molecule has 1 aromatic carbocycles. The molecule has 12 heteroatoms. The molecule has 3 amide bonds. The van der Waals surface area contributed by atoms with Gasteiger partial charge < -0.3 is 14.4 Å². The molecule has 2 heterocycles. The van der Waals surface area contributed by atoms with E-state index in [0.717, 1.165) is 5.01 Å². The summed E-state index contributed by atoms with van der Waals surface area (Å²) in [6.07, 6.45) is 1.20. The van der Waals surface area contributed by atoms with Gasteiger partial charge in [-0.25, -0.2) is 4.98 Å². The molecule has 0 unspecified atom stereocenters. The number of methoxy groups -OCH3 is 1. The molecule has 3 rings (SSSR count). The highest BCUT2D eigenvalue weighted by Crippen LogP contribution is 2.30. The Balaban J connectivity index is 1.41. The van der Waals surface area contributed by atoms with E-state index in [1.54, 1.807) is 48.6 Å². The summed E-state index contributed by atoms with van der Waals surface area (Å²) in [5, 5.41) is 2.38. The molecule has 0 atom stereocenters. The van der Waals surface area contributed by atoms with Crippen LogP contribution in [0.25, 0.3) is 0 Å². The van der Waals surface area contributed by atoms with Gasteiger partial charge in [-0.1, -0.05) is 0 Å². The molecule has 0 saturated carbocycles. The number of esters is 1. The topological polar surface area (TPSA) is 144 Å². The first-order valence-electron chi connectivity index (χ1n) is 12.0. The van der Waals surface area contributed by atoms with E-state index in [0.29, 0.717) is 37.2 Å². The van der Waals surface area contributed by atoms with Crippen LogP contribution < -0.4 is 15.6 Å². The van der Waals surface area contributed by atoms with Crippen LogP contribution in [0, 0.1) is 0 Å². The van der Waals surface area contributed by atoms with Crippen LogP contribution in [0.2, 0.25) is 0 Å². The van der Waals surface area contributed by atoms with Gasteiger partial charge in [0.05, 0.1) is 18.7 Å². The molecule has 198 valence electrons. The summed E-state index contributed by atoms with van der Waals surface area (Å²) >= 11 is 1.34. The van der Waals surface area contributed by atoms with Crippen LogP contribution in [0.15, 0.2) is 29.6 Å². The zero-order valence-corrected chi connectivity index (χ0v) is 21.6. The summed E-state index contributed by atoms with van der Waals surface area (Å²) in [6, 6.07) is 6.82. The monoisotopic (exact) mass is 530 g/mol. The highest BCUT2D eigenvalue weighted by molar-refractivity contribution is 7.09. The molecule has 0 aliphatic carbocycles. The number of nitrogens with one attached hydrogen (secondary N) is 2. The number of hydrogen-bond donors (Lipinski definition) is 2. The van der Waals surface area contributed by atoms with Gasteiger partial charge in [-0.15, -0.1) is 11.3 Å². The lowest BCUT2D eigenvalue weighted by atomic mass is 9.97. The lowest BCUT2D eigenvalue weighted by Gasteiger charge is -2.31. The van der Waals surface area contributed by atoms with E-state index < -0.39 is 24.2 Å². The van der Waals surface area contributed by atoms with Gasteiger partial charge in [-0.2, -0.15) is 0 Å². The van der Waals surface area contributed by atoms with Crippen molar-refractivity contribution in [2.45, 2.75) is 44.9 Å². The molecule has 1 fully saturated rings. The molecule has 2 aromatic rings. The van der Waals surface area contributed by atoms with E-state index in [1.807, 2.05) is 0 Å². The molecular formula is C25H30N4O7S. The Bertz CT molecular complexity index is 1120. The number of ether oxygens (including phenoxy) is 2. The Morgan fingerprint density at radius 2 is 1.76 bits per heavy atom. The maximum Gasteiger partial charge on any atom is 0.315 e. The minimum Gasteiger partial charge on any atom is -0.497 e. The second-order valence-electron chi connectivity index (χ2n) is 8.36. The fraction of sp³-hybridized carbons (Fsp3) is 0.440. The molecular weight excluding hydrogens is 500 g/mol. The highest BCUT2D eigenvalue weighted by atomic mass is 32.1. The maximum absolute atomic E-state index is 12.6. The number of rotatable bonds is 10. The number of aromatic nitrogens is 1. The number of hydrazine groups is 1. The van der Waals surface area contributed by atoms with E-state index in [1.165, 1.54) is 11.3 Å². The molecule has 1 aromatic heterocycles. The summed E-state index contributed by atoms with van der Waals surface area (Å²) in [7, 11) is 1.56. The first-order valence-corrected chi connectivity index (χ1v) is 12.8. The minimum atomic E-state index is -0.690.